The first-order valence-electron chi connectivity index (χ1n) is 5.60. The molecule has 0 fully saturated rings. The topological polar surface area (TPSA) is 38.0 Å². The Hall–Kier alpha value is -1.20. The Morgan fingerprint density at radius 1 is 1.44 bits per heavy atom. The second kappa shape index (κ2) is 5.20. The van der Waals surface area contributed by atoms with E-state index in [1.54, 1.807) is 17.8 Å². The molecular formula is C13H14BrFN2O. The van der Waals surface area contributed by atoms with Crippen molar-refractivity contribution in [2.75, 3.05) is 0 Å². The fourth-order valence-electron chi connectivity index (χ4n) is 1.96. The van der Waals surface area contributed by atoms with E-state index >= 15 is 0 Å². The van der Waals surface area contributed by atoms with Crippen molar-refractivity contribution in [2.45, 2.75) is 19.4 Å². The van der Waals surface area contributed by atoms with Gasteiger partial charge in [-0.3, -0.25) is 4.68 Å². The maximum atomic E-state index is 13.2. The first kappa shape index (κ1) is 13.2. The third-order valence-corrected chi connectivity index (χ3v) is 3.57. The van der Waals surface area contributed by atoms with E-state index in [0.29, 0.717) is 6.42 Å². The molecule has 2 aromatic rings. The number of halogens is 2. The van der Waals surface area contributed by atoms with Crippen molar-refractivity contribution in [1.82, 2.24) is 9.78 Å². The van der Waals surface area contributed by atoms with Crippen LogP contribution in [-0.2, 0) is 13.5 Å². The van der Waals surface area contributed by atoms with E-state index in [-0.39, 0.29) is 5.82 Å². The van der Waals surface area contributed by atoms with Crippen molar-refractivity contribution in [3.63, 3.8) is 0 Å². The molecule has 1 unspecified atom stereocenters. The molecule has 18 heavy (non-hydrogen) atoms. The number of nitrogens with zero attached hydrogens (tertiary/aromatic N) is 2. The van der Waals surface area contributed by atoms with E-state index in [0.717, 1.165) is 21.4 Å². The molecule has 0 aliphatic heterocycles. The molecule has 0 saturated heterocycles. The normalized spacial score (nSPS) is 12.7. The fraction of sp³-hybridized carbons (Fsp3) is 0.308. The van der Waals surface area contributed by atoms with Gasteiger partial charge in [0, 0.05) is 17.9 Å². The van der Waals surface area contributed by atoms with Crippen LogP contribution in [0.25, 0.3) is 0 Å². The predicted octanol–water partition coefficient (Wildman–Crippen LogP) is 2.91. The first-order valence-corrected chi connectivity index (χ1v) is 6.39. The van der Waals surface area contributed by atoms with Crippen LogP contribution in [0.5, 0.6) is 0 Å². The van der Waals surface area contributed by atoms with Crippen molar-refractivity contribution in [3.05, 3.63) is 51.5 Å². The summed E-state index contributed by atoms with van der Waals surface area (Å²) in [5, 5.41) is 14.4. The molecule has 1 aromatic carbocycles. The van der Waals surface area contributed by atoms with E-state index < -0.39 is 6.10 Å². The lowest BCUT2D eigenvalue weighted by molar-refractivity contribution is 0.168. The molecule has 3 nitrogen and oxygen atoms in total. The number of benzene rings is 1. The minimum Gasteiger partial charge on any atom is -0.386 e. The highest BCUT2D eigenvalue weighted by Crippen LogP contribution is 2.24. The molecule has 1 aromatic heterocycles. The zero-order valence-electron chi connectivity index (χ0n) is 10.2. The van der Waals surface area contributed by atoms with Crippen molar-refractivity contribution in [2.24, 2.45) is 7.05 Å². The van der Waals surface area contributed by atoms with E-state index in [1.165, 1.54) is 12.1 Å². The molecule has 1 atom stereocenters. The largest absolute Gasteiger partial charge is 0.386 e. The lowest BCUT2D eigenvalue weighted by Crippen LogP contribution is -2.08. The molecular weight excluding hydrogens is 299 g/mol. The Labute approximate surface area is 113 Å². The summed E-state index contributed by atoms with van der Waals surface area (Å²) in [6, 6.07) is 6.29. The minimum absolute atomic E-state index is 0.304. The number of hydrogen-bond donors (Lipinski definition) is 1. The Bertz CT molecular complexity index is 568. The van der Waals surface area contributed by atoms with Gasteiger partial charge in [0.1, 0.15) is 5.82 Å². The van der Waals surface area contributed by atoms with Gasteiger partial charge >= 0.3 is 0 Å². The average Bonchev–Trinajstić information content (AvgIpc) is 2.63. The number of rotatable bonds is 3. The molecule has 0 amide bonds. The second-order valence-electron chi connectivity index (χ2n) is 4.29. The lowest BCUT2D eigenvalue weighted by Gasteiger charge is -2.12. The van der Waals surface area contributed by atoms with Crippen LogP contribution in [-0.4, -0.2) is 14.9 Å². The summed E-state index contributed by atoms with van der Waals surface area (Å²) in [5.74, 6) is -0.304. The Morgan fingerprint density at radius 2 is 2.17 bits per heavy atom. The van der Waals surface area contributed by atoms with E-state index in [4.69, 9.17) is 0 Å². The molecule has 2 rings (SSSR count). The summed E-state index contributed by atoms with van der Waals surface area (Å²) in [6.45, 7) is 1.87. The van der Waals surface area contributed by atoms with Crippen LogP contribution in [0.15, 0.2) is 28.7 Å². The average molecular weight is 313 g/mol. The van der Waals surface area contributed by atoms with Gasteiger partial charge in [-0.2, -0.15) is 5.10 Å². The minimum atomic E-state index is -0.700. The summed E-state index contributed by atoms with van der Waals surface area (Å²) in [7, 11) is 1.78. The van der Waals surface area contributed by atoms with Crippen molar-refractivity contribution < 1.29 is 9.50 Å². The van der Waals surface area contributed by atoms with Gasteiger partial charge in [0.2, 0.25) is 0 Å². The second-order valence-corrected chi connectivity index (χ2v) is 5.14. The van der Waals surface area contributed by atoms with Crippen LogP contribution in [0.4, 0.5) is 4.39 Å². The quantitative estimate of drug-likeness (QED) is 0.946. The molecule has 0 saturated carbocycles. The van der Waals surface area contributed by atoms with Gasteiger partial charge < -0.3 is 5.11 Å². The zero-order valence-corrected chi connectivity index (χ0v) is 11.8. The van der Waals surface area contributed by atoms with E-state index in [2.05, 4.69) is 21.0 Å². The van der Waals surface area contributed by atoms with Crippen molar-refractivity contribution in [3.8, 4) is 0 Å². The van der Waals surface area contributed by atoms with E-state index in [1.807, 2.05) is 13.0 Å². The van der Waals surface area contributed by atoms with Crippen LogP contribution < -0.4 is 0 Å². The monoisotopic (exact) mass is 312 g/mol. The molecule has 1 N–H and O–H groups in total. The third-order valence-electron chi connectivity index (χ3n) is 2.80. The number of hydrogen-bond acceptors (Lipinski definition) is 2. The molecule has 0 radical (unpaired) electrons. The van der Waals surface area contributed by atoms with Crippen LogP contribution in [0, 0.1) is 12.7 Å². The highest BCUT2D eigenvalue weighted by molar-refractivity contribution is 9.10. The maximum absolute atomic E-state index is 13.2. The molecule has 96 valence electrons. The van der Waals surface area contributed by atoms with Crippen LogP contribution in [0.3, 0.4) is 0 Å². The van der Waals surface area contributed by atoms with Gasteiger partial charge in [-0.05, 0) is 36.8 Å². The Morgan fingerprint density at radius 3 is 2.78 bits per heavy atom. The van der Waals surface area contributed by atoms with Gasteiger partial charge in [-0.15, -0.1) is 0 Å². The lowest BCUT2D eigenvalue weighted by atomic mass is 10.1. The number of aliphatic hydroxyl groups is 1. The standard InChI is InChI=1S/C13H14BrFN2O/c1-8-5-12(17(2)16-8)13(18)7-9-6-10(15)3-4-11(9)14/h3-6,13,18H,7H2,1-2H3. The van der Waals surface area contributed by atoms with Gasteiger partial charge in [0.15, 0.2) is 0 Å². The maximum Gasteiger partial charge on any atom is 0.123 e. The Kier molecular flexibility index (Phi) is 3.82. The van der Waals surface area contributed by atoms with Crippen LogP contribution in [0.2, 0.25) is 0 Å². The molecule has 1 heterocycles. The fourth-order valence-corrected chi connectivity index (χ4v) is 2.36. The summed E-state index contributed by atoms with van der Waals surface area (Å²) in [6.07, 6.45) is -0.355. The third kappa shape index (κ3) is 2.79. The number of aryl methyl sites for hydroxylation is 2. The SMILES string of the molecule is Cc1cc(C(O)Cc2cc(F)ccc2Br)n(C)n1. The molecule has 0 bridgehead atoms. The van der Waals surface area contributed by atoms with Crippen molar-refractivity contribution >= 4 is 15.9 Å². The summed E-state index contributed by atoms with van der Waals surface area (Å²) < 4.78 is 15.6. The molecule has 0 aliphatic carbocycles. The highest BCUT2D eigenvalue weighted by Gasteiger charge is 2.15. The number of aliphatic hydroxyl groups excluding tert-OH is 1. The van der Waals surface area contributed by atoms with Crippen LogP contribution >= 0.6 is 15.9 Å². The van der Waals surface area contributed by atoms with Gasteiger partial charge in [-0.25, -0.2) is 4.39 Å². The highest BCUT2D eigenvalue weighted by atomic mass is 79.9. The summed E-state index contributed by atoms with van der Waals surface area (Å²) in [4.78, 5) is 0. The van der Waals surface area contributed by atoms with Gasteiger partial charge in [0.25, 0.3) is 0 Å². The molecule has 0 aliphatic rings. The first-order chi connectivity index (χ1) is 8.47. The van der Waals surface area contributed by atoms with Gasteiger partial charge in [-0.1, -0.05) is 15.9 Å². The summed E-state index contributed by atoms with van der Waals surface area (Å²) >= 11 is 3.36. The van der Waals surface area contributed by atoms with E-state index in [9.17, 15) is 9.50 Å². The predicted molar refractivity (Wildman–Crippen MR) is 70.7 cm³/mol. The molecule has 5 heteroatoms. The number of aromatic nitrogens is 2. The van der Waals surface area contributed by atoms with Gasteiger partial charge in [0.05, 0.1) is 17.5 Å². The molecule has 0 spiro atoms. The Balaban J connectivity index is 2.23. The zero-order chi connectivity index (χ0) is 13.3. The van der Waals surface area contributed by atoms with Crippen molar-refractivity contribution in [1.29, 1.82) is 0 Å². The summed E-state index contributed by atoms with van der Waals surface area (Å²) in [5.41, 5.74) is 2.31. The van der Waals surface area contributed by atoms with Crippen LogP contribution in [0.1, 0.15) is 23.1 Å². The smallest absolute Gasteiger partial charge is 0.123 e.